The van der Waals surface area contributed by atoms with Crippen molar-refractivity contribution in [2.24, 2.45) is 17.6 Å². The van der Waals surface area contributed by atoms with E-state index in [-0.39, 0.29) is 24.3 Å². The number of fused-ring (bicyclic) bond motifs is 1. The molecule has 0 unspecified atom stereocenters. The molecule has 0 aliphatic heterocycles. The van der Waals surface area contributed by atoms with Gasteiger partial charge in [0.1, 0.15) is 35.5 Å². The Balaban J connectivity index is 1.04. The van der Waals surface area contributed by atoms with Gasteiger partial charge >= 0.3 is 0 Å². The highest BCUT2D eigenvalue weighted by atomic mass is 32.2. The maximum atomic E-state index is 13.8. The SMILES string of the molecule is C=C[C@@H]1C[C@]1(NC(=O)[C@@H]1C[C@H](Oc2cc(-c3ccccc3)nc3cc(OC)ccc23)C[C@@H]1N)C(=O)NS(=O)(=O)c1cccc(OCc2ccccc2)c1. The fourth-order valence-electron chi connectivity index (χ4n) is 6.85. The van der Waals surface area contributed by atoms with Gasteiger partial charge in [-0.15, -0.1) is 6.58 Å². The first-order chi connectivity index (χ1) is 25.6. The Kier molecular flexibility index (Phi) is 9.91. The first-order valence-electron chi connectivity index (χ1n) is 17.3. The van der Waals surface area contributed by atoms with Crippen molar-refractivity contribution < 1.29 is 32.2 Å². The van der Waals surface area contributed by atoms with Crippen molar-refractivity contribution in [1.29, 1.82) is 0 Å². The second-order valence-corrected chi connectivity index (χ2v) is 15.1. The molecule has 11 nitrogen and oxygen atoms in total. The fourth-order valence-corrected chi connectivity index (χ4v) is 7.92. The summed E-state index contributed by atoms with van der Waals surface area (Å²) in [6, 6.07) is 32.0. The molecule has 4 aromatic carbocycles. The predicted octanol–water partition coefficient (Wildman–Crippen LogP) is 5.54. The maximum Gasteiger partial charge on any atom is 0.264 e. The molecule has 0 saturated heterocycles. The smallest absolute Gasteiger partial charge is 0.264 e. The molecule has 4 N–H and O–H groups in total. The lowest BCUT2D eigenvalue weighted by atomic mass is 10.0. The number of aromatic nitrogens is 1. The van der Waals surface area contributed by atoms with E-state index in [1.165, 1.54) is 18.2 Å². The van der Waals surface area contributed by atoms with Crippen LogP contribution in [-0.4, -0.2) is 50.0 Å². The van der Waals surface area contributed by atoms with Gasteiger partial charge in [-0.2, -0.15) is 0 Å². The molecule has 1 heterocycles. The number of nitrogens with zero attached hydrogens (tertiary/aromatic N) is 1. The monoisotopic (exact) mass is 732 g/mol. The van der Waals surface area contributed by atoms with Gasteiger partial charge in [0.05, 0.1) is 29.1 Å². The molecule has 7 rings (SSSR count). The number of carbonyl (C=O) groups is 2. The lowest BCUT2D eigenvalue weighted by molar-refractivity contribution is -0.131. The first-order valence-corrected chi connectivity index (χ1v) is 18.8. The van der Waals surface area contributed by atoms with E-state index in [0.717, 1.165) is 22.2 Å². The van der Waals surface area contributed by atoms with Crippen LogP contribution in [-0.2, 0) is 26.2 Å². The first kappa shape index (κ1) is 35.7. The number of sulfonamides is 1. The van der Waals surface area contributed by atoms with E-state index in [4.69, 9.17) is 24.9 Å². The molecule has 0 bridgehead atoms. The number of pyridine rings is 1. The van der Waals surface area contributed by atoms with Gasteiger partial charge in [-0.05, 0) is 42.7 Å². The van der Waals surface area contributed by atoms with Crippen LogP contribution < -0.4 is 30.0 Å². The average molecular weight is 733 g/mol. The summed E-state index contributed by atoms with van der Waals surface area (Å²) in [7, 11) is -2.72. The van der Waals surface area contributed by atoms with Crippen LogP contribution in [0.4, 0.5) is 0 Å². The number of benzene rings is 4. The highest BCUT2D eigenvalue weighted by molar-refractivity contribution is 7.90. The Morgan fingerprint density at radius 3 is 2.42 bits per heavy atom. The molecule has 0 radical (unpaired) electrons. The second kappa shape index (κ2) is 14.7. The summed E-state index contributed by atoms with van der Waals surface area (Å²) in [5.41, 5.74) is 8.29. The number of amides is 2. The zero-order chi connectivity index (χ0) is 37.2. The number of carbonyl (C=O) groups excluding carboxylic acids is 2. The van der Waals surface area contributed by atoms with E-state index < -0.39 is 51.4 Å². The largest absolute Gasteiger partial charge is 0.497 e. The van der Waals surface area contributed by atoms with Crippen LogP contribution in [0.3, 0.4) is 0 Å². The lowest BCUT2D eigenvalue weighted by Crippen LogP contribution is -2.54. The highest BCUT2D eigenvalue weighted by Gasteiger charge is 2.61. The number of ether oxygens (including phenoxy) is 3. The van der Waals surface area contributed by atoms with E-state index in [1.54, 1.807) is 19.3 Å². The Hall–Kier alpha value is -5.72. The third-order valence-corrected chi connectivity index (χ3v) is 11.2. The summed E-state index contributed by atoms with van der Waals surface area (Å²) in [6.07, 6.45) is 2.00. The van der Waals surface area contributed by atoms with E-state index in [2.05, 4.69) is 16.6 Å². The number of hydrogen-bond donors (Lipinski definition) is 3. The van der Waals surface area contributed by atoms with Crippen molar-refractivity contribution in [3.63, 3.8) is 0 Å². The molecule has 2 saturated carbocycles. The normalized spacial score (nSPS) is 22.1. The molecule has 53 heavy (non-hydrogen) atoms. The van der Waals surface area contributed by atoms with Crippen LogP contribution in [0.5, 0.6) is 17.2 Å². The van der Waals surface area contributed by atoms with E-state index in [0.29, 0.717) is 29.2 Å². The van der Waals surface area contributed by atoms with E-state index in [1.807, 2.05) is 84.9 Å². The maximum absolute atomic E-state index is 13.8. The van der Waals surface area contributed by atoms with E-state index >= 15 is 0 Å². The molecule has 2 aliphatic carbocycles. The standard InChI is InChI=1S/C41H40N4O7S/c1-3-28-24-41(28,40(47)45-53(48,49)32-16-10-15-30(19-32)51-25-26-11-6-4-7-12-26)44-39(46)34-20-31(21-35(34)42)52-38-23-36(27-13-8-5-9-14-27)43-37-22-29(50-2)17-18-33(37)38/h3-19,22-23,28,31,34-35H,1,20-21,24-25,42H2,2H3,(H,44,46)(H,45,47)/t28-,31+,34-,35+,41-/m1/s1. The van der Waals surface area contributed by atoms with Crippen LogP contribution in [0.1, 0.15) is 24.8 Å². The zero-order valence-electron chi connectivity index (χ0n) is 29.1. The summed E-state index contributed by atoms with van der Waals surface area (Å²) in [4.78, 5) is 32.2. The Morgan fingerprint density at radius 1 is 0.943 bits per heavy atom. The summed E-state index contributed by atoms with van der Waals surface area (Å²) >= 11 is 0. The summed E-state index contributed by atoms with van der Waals surface area (Å²) in [5.74, 6) is -0.879. The van der Waals surface area contributed by atoms with Crippen molar-refractivity contribution in [3.05, 3.63) is 127 Å². The minimum absolute atomic E-state index is 0.149. The summed E-state index contributed by atoms with van der Waals surface area (Å²) in [5, 5.41) is 3.63. The predicted molar refractivity (Wildman–Crippen MR) is 201 cm³/mol. The molecule has 0 spiro atoms. The van der Waals surface area contributed by atoms with Gasteiger partial charge in [0.15, 0.2) is 0 Å². The number of nitrogens with one attached hydrogen (secondary N) is 2. The topological polar surface area (TPSA) is 159 Å². The van der Waals surface area contributed by atoms with Gasteiger partial charge in [0, 0.05) is 47.5 Å². The molecule has 272 valence electrons. The third kappa shape index (κ3) is 7.60. The Labute approximate surface area is 308 Å². The Bertz CT molecular complexity index is 2270. The van der Waals surface area contributed by atoms with Crippen molar-refractivity contribution in [3.8, 4) is 28.5 Å². The molecule has 2 amide bonds. The average Bonchev–Trinajstić information content (AvgIpc) is 3.77. The summed E-state index contributed by atoms with van der Waals surface area (Å²) < 4.78 is 46.8. The van der Waals surface area contributed by atoms with Gasteiger partial charge in [-0.3, -0.25) is 9.59 Å². The van der Waals surface area contributed by atoms with Crippen LogP contribution in [0.25, 0.3) is 22.2 Å². The van der Waals surface area contributed by atoms with Gasteiger partial charge in [0.2, 0.25) is 5.91 Å². The van der Waals surface area contributed by atoms with Crippen LogP contribution in [0.2, 0.25) is 0 Å². The zero-order valence-corrected chi connectivity index (χ0v) is 29.9. The Morgan fingerprint density at radius 2 is 1.70 bits per heavy atom. The molecule has 2 aliphatic rings. The van der Waals surface area contributed by atoms with E-state index in [9.17, 15) is 18.0 Å². The molecular formula is C41H40N4O7S. The summed E-state index contributed by atoms with van der Waals surface area (Å²) in [6.45, 7) is 4.04. The van der Waals surface area contributed by atoms with Crippen molar-refractivity contribution in [2.45, 2.75) is 48.4 Å². The van der Waals surface area contributed by atoms with Gasteiger partial charge in [-0.1, -0.05) is 72.8 Å². The van der Waals surface area contributed by atoms with Crippen molar-refractivity contribution >= 4 is 32.7 Å². The molecule has 1 aromatic heterocycles. The highest BCUT2D eigenvalue weighted by Crippen LogP contribution is 2.46. The van der Waals surface area contributed by atoms with Crippen molar-refractivity contribution in [1.82, 2.24) is 15.0 Å². The minimum Gasteiger partial charge on any atom is -0.497 e. The number of rotatable bonds is 13. The molecular weight excluding hydrogens is 693 g/mol. The van der Waals surface area contributed by atoms with Crippen LogP contribution in [0, 0.1) is 11.8 Å². The lowest BCUT2D eigenvalue weighted by Gasteiger charge is -2.22. The third-order valence-electron chi connectivity index (χ3n) is 9.89. The van der Waals surface area contributed by atoms with Crippen LogP contribution in [0.15, 0.2) is 127 Å². The molecule has 2 fully saturated rings. The number of methoxy groups -OCH3 is 1. The second-order valence-electron chi connectivity index (χ2n) is 13.4. The quantitative estimate of drug-likeness (QED) is 0.132. The van der Waals surface area contributed by atoms with Gasteiger partial charge < -0.3 is 25.3 Å². The van der Waals surface area contributed by atoms with Crippen molar-refractivity contribution in [2.75, 3.05) is 7.11 Å². The minimum atomic E-state index is -4.32. The molecule has 5 atom stereocenters. The number of nitrogens with two attached hydrogens (primary N) is 1. The van der Waals surface area contributed by atoms with Gasteiger partial charge in [0.25, 0.3) is 15.9 Å². The molecule has 5 aromatic rings. The fraction of sp³-hybridized carbons (Fsp3) is 0.244. The number of hydrogen-bond acceptors (Lipinski definition) is 9. The van der Waals surface area contributed by atoms with Crippen LogP contribution >= 0.6 is 0 Å². The van der Waals surface area contributed by atoms with Gasteiger partial charge in [-0.25, -0.2) is 18.1 Å². The molecule has 12 heteroatoms.